The van der Waals surface area contributed by atoms with Gasteiger partial charge in [-0.15, -0.1) is 0 Å². The summed E-state index contributed by atoms with van der Waals surface area (Å²) in [4.78, 5) is 2.65. The third-order valence-corrected chi connectivity index (χ3v) is 4.20. The summed E-state index contributed by atoms with van der Waals surface area (Å²) in [6.07, 6.45) is 7.08. The highest BCUT2D eigenvalue weighted by molar-refractivity contribution is 4.83. The summed E-state index contributed by atoms with van der Waals surface area (Å²) in [5.74, 6) is 1.87. The molecule has 2 rings (SSSR count). The van der Waals surface area contributed by atoms with Crippen LogP contribution >= 0.6 is 0 Å². The fraction of sp³-hybridized carbons (Fsp3) is 1.00. The molecule has 16 heavy (non-hydrogen) atoms. The average Bonchev–Trinajstić information content (AvgIpc) is 2.14. The zero-order chi connectivity index (χ0) is 11.4. The number of nitrogens with one attached hydrogen (secondary N) is 1. The minimum Gasteiger partial charge on any atom is -0.312 e. The molecule has 2 atom stereocenters. The van der Waals surface area contributed by atoms with Crippen molar-refractivity contribution in [3.8, 4) is 0 Å². The van der Waals surface area contributed by atoms with Gasteiger partial charge in [-0.1, -0.05) is 20.3 Å². The predicted molar refractivity (Wildman–Crippen MR) is 69.6 cm³/mol. The zero-order valence-electron chi connectivity index (χ0n) is 11.0. The van der Waals surface area contributed by atoms with Crippen LogP contribution in [0.1, 0.15) is 46.0 Å². The summed E-state index contributed by atoms with van der Waals surface area (Å²) < 4.78 is 0. The number of nitrogens with zero attached hydrogens (tertiary/aromatic N) is 1. The Bertz CT molecular complexity index is 201. The molecule has 1 N–H and O–H groups in total. The van der Waals surface area contributed by atoms with Gasteiger partial charge >= 0.3 is 0 Å². The van der Waals surface area contributed by atoms with E-state index in [-0.39, 0.29) is 0 Å². The Morgan fingerprint density at radius 2 is 2.06 bits per heavy atom. The van der Waals surface area contributed by atoms with E-state index >= 15 is 0 Å². The Kier molecular flexibility index (Phi) is 4.66. The van der Waals surface area contributed by atoms with Crippen LogP contribution in [-0.2, 0) is 0 Å². The second-order valence-electron chi connectivity index (χ2n) is 6.00. The molecule has 0 bridgehead atoms. The lowest BCUT2D eigenvalue weighted by Crippen LogP contribution is -2.50. The first-order chi connectivity index (χ1) is 7.78. The molecule has 0 amide bonds. The number of likely N-dealkylation sites (tertiary alicyclic amines) is 1. The molecule has 1 aliphatic heterocycles. The first-order valence-corrected chi connectivity index (χ1v) is 7.23. The molecule has 1 aliphatic carbocycles. The van der Waals surface area contributed by atoms with Gasteiger partial charge in [-0.25, -0.2) is 0 Å². The number of rotatable bonds is 5. The van der Waals surface area contributed by atoms with Crippen molar-refractivity contribution < 1.29 is 0 Å². The Labute approximate surface area is 101 Å². The van der Waals surface area contributed by atoms with Gasteiger partial charge in [0.2, 0.25) is 0 Å². The summed E-state index contributed by atoms with van der Waals surface area (Å²) in [6, 6.07) is 0.760. The van der Waals surface area contributed by atoms with Gasteiger partial charge in [0.25, 0.3) is 0 Å². The van der Waals surface area contributed by atoms with E-state index in [1.807, 2.05) is 0 Å². The van der Waals surface area contributed by atoms with E-state index in [1.165, 1.54) is 58.3 Å². The van der Waals surface area contributed by atoms with Crippen LogP contribution in [0.2, 0.25) is 0 Å². The van der Waals surface area contributed by atoms with Crippen molar-refractivity contribution in [2.75, 3.05) is 26.2 Å². The highest BCUT2D eigenvalue weighted by Gasteiger charge is 2.25. The molecular weight excluding hydrogens is 196 g/mol. The van der Waals surface area contributed by atoms with Crippen molar-refractivity contribution in [2.45, 2.75) is 52.0 Å². The molecule has 94 valence electrons. The third kappa shape index (κ3) is 3.46. The van der Waals surface area contributed by atoms with Crippen LogP contribution in [-0.4, -0.2) is 37.1 Å². The lowest BCUT2D eigenvalue weighted by atomic mass is 9.85. The average molecular weight is 224 g/mol. The minimum atomic E-state index is 0.760. The molecule has 1 heterocycles. The largest absolute Gasteiger partial charge is 0.312 e. The summed E-state index contributed by atoms with van der Waals surface area (Å²) in [7, 11) is 0. The van der Waals surface area contributed by atoms with Crippen molar-refractivity contribution in [1.82, 2.24) is 10.2 Å². The first-order valence-electron chi connectivity index (χ1n) is 7.23. The highest BCUT2D eigenvalue weighted by Crippen LogP contribution is 2.26. The summed E-state index contributed by atoms with van der Waals surface area (Å²) in [6.45, 7) is 9.85. The van der Waals surface area contributed by atoms with Crippen molar-refractivity contribution in [3.05, 3.63) is 0 Å². The molecule has 0 radical (unpaired) electrons. The molecule has 0 aromatic heterocycles. The fourth-order valence-corrected chi connectivity index (χ4v) is 3.14. The molecule has 2 nitrogen and oxygen atoms in total. The summed E-state index contributed by atoms with van der Waals surface area (Å²) in [5, 5.41) is 3.80. The fourth-order valence-electron chi connectivity index (χ4n) is 3.14. The van der Waals surface area contributed by atoms with Crippen LogP contribution in [0.5, 0.6) is 0 Å². The van der Waals surface area contributed by atoms with Gasteiger partial charge in [-0.2, -0.15) is 0 Å². The topological polar surface area (TPSA) is 15.3 Å². The maximum absolute atomic E-state index is 3.80. The molecule has 0 spiro atoms. The first kappa shape index (κ1) is 12.4. The second-order valence-corrected chi connectivity index (χ2v) is 6.00. The molecule has 0 aromatic carbocycles. The van der Waals surface area contributed by atoms with E-state index in [9.17, 15) is 0 Å². The molecular formula is C14H28N2. The smallest absolute Gasteiger partial charge is 0.0198 e. The van der Waals surface area contributed by atoms with Gasteiger partial charge in [0.05, 0.1) is 0 Å². The SMILES string of the molecule is CCCN1CC(C)CC(NCC2CCC2)C1. The highest BCUT2D eigenvalue weighted by atomic mass is 15.2. The van der Waals surface area contributed by atoms with Gasteiger partial charge < -0.3 is 10.2 Å². The monoisotopic (exact) mass is 224 g/mol. The zero-order valence-corrected chi connectivity index (χ0v) is 11.0. The van der Waals surface area contributed by atoms with Crippen LogP contribution in [0.4, 0.5) is 0 Å². The van der Waals surface area contributed by atoms with E-state index in [2.05, 4.69) is 24.1 Å². The molecule has 2 aliphatic rings. The lowest BCUT2D eigenvalue weighted by molar-refractivity contribution is 0.142. The van der Waals surface area contributed by atoms with E-state index < -0.39 is 0 Å². The van der Waals surface area contributed by atoms with Crippen LogP contribution in [0, 0.1) is 11.8 Å². The molecule has 2 unspecified atom stereocenters. The van der Waals surface area contributed by atoms with Gasteiger partial charge in [-0.05, 0) is 50.6 Å². The summed E-state index contributed by atoms with van der Waals surface area (Å²) >= 11 is 0. The Balaban J connectivity index is 1.70. The van der Waals surface area contributed by atoms with Crippen LogP contribution < -0.4 is 5.32 Å². The molecule has 2 fully saturated rings. The number of hydrogen-bond donors (Lipinski definition) is 1. The Morgan fingerprint density at radius 3 is 2.69 bits per heavy atom. The molecule has 2 heteroatoms. The van der Waals surface area contributed by atoms with Crippen molar-refractivity contribution >= 4 is 0 Å². The van der Waals surface area contributed by atoms with E-state index in [0.717, 1.165) is 17.9 Å². The van der Waals surface area contributed by atoms with Crippen LogP contribution in [0.3, 0.4) is 0 Å². The van der Waals surface area contributed by atoms with E-state index in [0.29, 0.717) is 0 Å². The van der Waals surface area contributed by atoms with Crippen molar-refractivity contribution in [3.63, 3.8) is 0 Å². The van der Waals surface area contributed by atoms with E-state index in [4.69, 9.17) is 0 Å². The quantitative estimate of drug-likeness (QED) is 0.772. The second kappa shape index (κ2) is 6.02. The van der Waals surface area contributed by atoms with Crippen LogP contribution in [0.25, 0.3) is 0 Å². The lowest BCUT2D eigenvalue weighted by Gasteiger charge is -2.38. The Morgan fingerprint density at radius 1 is 1.25 bits per heavy atom. The van der Waals surface area contributed by atoms with Crippen molar-refractivity contribution in [1.29, 1.82) is 0 Å². The van der Waals surface area contributed by atoms with Crippen molar-refractivity contribution in [2.24, 2.45) is 11.8 Å². The van der Waals surface area contributed by atoms with E-state index in [1.54, 1.807) is 0 Å². The summed E-state index contributed by atoms with van der Waals surface area (Å²) in [5.41, 5.74) is 0. The maximum Gasteiger partial charge on any atom is 0.0198 e. The normalized spacial score (nSPS) is 32.6. The van der Waals surface area contributed by atoms with Crippen LogP contribution in [0.15, 0.2) is 0 Å². The molecule has 1 saturated heterocycles. The number of hydrogen-bond acceptors (Lipinski definition) is 2. The molecule has 1 saturated carbocycles. The minimum absolute atomic E-state index is 0.760. The van der Waals surface area contributed by atoms with Gasteiger partial charge in [0.15, 0.2) is 0 Å². The number of piperidine rings is 1. The maximum atomic E-state index is 3.80. The Hall–Kier alpha value is -0.0800. The van der Waals surface area contributed by atoms with Gasteiger partial charge in [0, 0.05) is 19.1 Å². The van der Waals surface area contributed by atoms with Gasteiger partial charge in [0.1, 0.15) is 0 Å². The molecule has 0 aromatic rings. The third-order valence-electron chi connectivity index (χ3n) is 4.20. The van der Waals surface area contributed by atoms with Gasteiger partial charge in [-0.3, -0.25) is 0 Å². The standard InChI is InChI=1S/C14H28N2/c1-3-7-16-10-12(2)8-14(11-16)15-9-13-5-4-6-13/h12-15H,3-11H2,1-2H3. The predicted octanol–water partition coefficient (Wildman–Crippen LogP) is 2.50.